The number of benzene rings is 1. The lowest BCUT2D eigenvalue weighted by atomic mass is 10.1. The molecule has 0 atom stereocenters. The number of rotatable bonds is 5. The van der Waals surface area contributed by atoms with Gasteiger partial charge in [0.25, 0.3) is 0 Å². The number of hydrogen-bond acceptors (Lipinski definition) is 3. The molecule has 0 radical (unpaired) electrons. The summed E-state index contributed by atoms with van der Waals surface area (Å²) in [7, 11) is 1.60. The van der Waals surface area contributed by atoms with Crippen LogP contribution in [0.3, 0.4) is 0 Å². The number of carbonyl (C=O) groups is 1. The molecule has 0 aromatic heterocycles. The minimum atomic E-state index is -0.0149. The van der Waals surface area contributed by atoms with E-state index in [-0.39, 0.29) is 11.4 Å². The van der Waals surface area contributed by atoms with E-state index < -0.39 is 0 Å². The molecule has 1 amide bonds. The molecule has 0 aliphatic rings. The second-order valence-corrected chi connectivity index (χ2v) is 5.68. The average molecular weight is 264 g/mol. The largest absolute Gasteiger partial charge is 0.495 e. The Labute approximate surface area is 115 Å². The summed E-state index contributed by atoms with van der Waals surface area (Å²) in [6.07, 6.45) is 0.439. The van der Waals surface area contributed by atoms with Crippen molar-refractivity contribution >= 4 is 11.6 Å². The molecule has 0 aliphatic heterocycles. The monoisotopic (exact) mass is 264 g/mol. The number of anilines is 1. The summed E-state index contributed by atoms with van der Waals surface area (Å²) in [5.41, 5.74) is 1.85. The number of ether oxygens (including phenoxy) is 1. The number of methoxy groups -OCH3 is 1. The Balaban J connectivity index is 2.53. The normalized spacial score (nSPS) is 11.2. The van der Waals surface area contributed by atoms with Crippen molar-refractivity contribution in [1.29, 1.82) is 0 Å². The number of hydrogen-bond donors (Lipinski definition) is 2. The van der Waals surface area contributed by atoms with Crippen LogP contribution >= 0.6 is 0 Å². The van der Waals surface area contributed by atoms with E-state index in [0.29, 0.717) is 24.4 Å². The van der Waals surface area contributed by atoms with E-state index in [0.717, 1.165) is 5.56 Å². The number of aryl methyl sites for hydroxylation is 1. The molecule has 2 N–H and O–H groups in total. The summed E-state index contributed by atoms with van der Waals surface area (Å²) in [5, 5.41) is 6.16. The zero-order valence-electron chi connectivity index (χ0n) is 12.5. The highest BCUT2D eigenvalue weighted by atomic mass is 16.5. The Morgan fingerprint density at radius 2 is 2.00 bits per heavy atom. The van der Waals surface area contributed by atoms with Crippen molar-refractivity contribution in [2.45, 2.75) is 39.7 Å². The molecule has 106 valence electrons. The molecule has 0 saturated heterocycles. The fourth-order valence-corrected chi connectivity index (χ4v) is 1.67. The highest BCUT2D eigenvalue weighted by Gasteiger charge is 2.11. The number of amides is 1. The summed E-state index contributed by atoms with van der Waals surface area (Å²) in [5.74, 6) is 0.677. The third-order valence-corrected chi connectivity index (χ3v) is 2.64. The maximum Gasteiger partial charge on any atom is 0.225 e. The molecule has 0 aliphatic carbocycles. The van der Waals surface area contributed by atoms with Gasteiger partial charge in [-0.25, -0.2) is 0 Å². The van der Waals surface area contributed by atoms with Crippen LogP contribution in [0.2, 0.25) is 0 Å². The van der Waals surface area contributed by atoms with Gasteiger partial charge >= 0.3 is 0 Å². The zero-order chi connectivity index (χ0) is 14.5. The SMILES string of the molecule is COc1cc(C)ccc1NC(=O)CCNC(C)(C)C. The summed E-state index contributed by atoms with van der Waals surface area (Å²) < 4.78 is 5.26. The van der Waals surface area contributed by atoms with E-state index in [9.17, 15) is 4.79 Å². The first-order valence-electron chi connectivity index (χ1n) is 6.51. The minimum absolute atomic E-state index is 0.0149. The van der Waals surface area contributed by atoms with E-state index >= 15 is 0 Å². The Hall–Kier alpha value is -1.55. The fraction of sp³-hybridized carbons (Fsp3) is 0.533. The predicted molar refractivity (Wildman–Crippen MR) is 78.7 cm³/mol. The van der Waals surface area contributed by atoms with Crippen LogP contribution < -0.4 is 15.4 Å². The van der Waals surface area contributed by atoms with Gasteiger partial charge in [-0.2, -0.15) is 0 Å². The van der Waals surface area contributed by atoms with Gasteiger partial charge in [-0.3, -0.25) is 4.79 Å². The molecular formula is C15H24N2O2. The topological polar surface area (TPSA) is 50.4 Å². The molecular weight excluding hydrogens is 240 g/mol. The van der Waals surface area contributed by atoms with Crippen LogP contribution in [0.4, 0.5) is 5.69 Å². The first kappa shape index (κ1) is 15.5. The molecule has 1 aromatic rings. The Morgan fingerprint density at radius 1 is 1.32 bits per heavy atom. The number of carbonyl (C=O) groups excluding carboxylic acids is 1. The second-order valence-electron chi connectivity index (χ2n) is 5.68. The van der Waals surface area contributed by atoms with Gasteiger partial charge in [0.2, 0.25) is 5.91 Å². The van der Waals surface area contributed by atoms with Crippen molar-refractivity contribution in [2.75, 3.05) is 19.0 Å². The zero-order valence-corrected chi connectivity index (χ0v) is 12.5. The molecule has 0 bridgehead atoms. The third kappa shape index (κ3) is 5.75. The van der Waals surface area contributed by atoms with E-state index in [1.165, 1.54) is 0 Å². The van der Waals surface area contributed by atoms with E-state index in [2.05, 4.69) is 31.4 Å². The smallest absolute Gasteiger partial charge is 0.225 e. The molecule has 4 heteroatoms. The molecule has 0 unspecified atom stereocenters. The molecule has 0 spiro atoms. The van der Waals surface area contributed by atoms with Gasteiger partial charge < -0.3 is 15.4 Å². The molecule has 0 heterocycles. The van der Waals surface area contributed by atoms with Crippen molar-refractivity contribution in [3.8, 4) is 5.75 Å². The molecule has 1 rings (SSSR count). The minimum Gasteiger partial charge on any atom is -0.495 e. The van der Waals surface area contributed by atoms with Crippen molar-refractivity contribution < 1.29 is 9.53 Å². The summed E-state index contributed by atoms with van der Waals surface area (Å²) in [6.45, 7) is 8.88. The van der Waals surface area contributed by atoms with Crippen LogP contribution in [-0.2, 0) is 4.79 Å². The molecule has 0 saturated carbocycles. The van der Waals surface area contributed by atoms with Crippen LogP contribution in [0.5, 0.6) is 5.75 Å². The van der Waals surface area contributed by atoms with Gasteiger partial charge in [-0.1, -0.05) is 6.07 Å². The average Bonchev–Trinajstić information content (AvgIpc) is 2.29. The van der Waals surface area contributed by atoms with Crippen molar-refractivity contribution in [1.82, 2.24) is 5.32 Å². The van der Waals surface area contributed by atoms with Crippen LogP contribution in [0, 0.1) is 6.92 Å². The summed E-state index contributed by atoms with van der Waals surface area (Å²) in [6, 6.07) is 5.72. The van der Waals surface area contributed by atoms with Crippen LogP contribution in [0.25, 0.3) is 0 Å². The first-order valence-corrected chi connectivity index (χ1v) is 6.51. The van der Waals surface area contributed by atoms with Crippen molar-refractivity contribution in [3.05, 3.63) is 23.8 Å². The molecule has 19 heavy (non-hydrogen) atoms. The molecule has 4 nitrogen and oxygen atoms in total. The predicted octanol–water partition coefficient (Wildman–Crippen LogP) is 2.72. The van der Waals surface area contributed by atoms with Crippen LogP contribution in [0.15, 0.2) is 18.2 Å². The van der Waals surface area contributed by atoms with Gasteiger partial charge in [-0.15, -0.1) is 0 Å². The lowest BCUT2D eigenvalue weighted by Crippen LogP contribution is -2.37. The highest BCUT2D eigenvalue weighted by molar-refractivity contribution is 5.92. The fourth-order valence-electron chi connectivity index (χ4n) is 1.67. The third-order valence-electron chi connectivity index (χ3n) is 2.64. The van der Waals surface area contributed by atoms with Gasteiger partial charge in [0.1, 0.15) is 5.75 Å². The van der Waals surface area contributed by atoms with E-state index in [1.807, 2.05) is 25.1 Å². The van der Waals surface area contributed by atoms with Crippen molar-refractivity contribution in [2.24, 2.45) is 0 Å². The van der Waals surface area contributed by atoms with Crippen molar-refractivity contribution in [3.63, 3.8) is 0 Å². The molecule has 1 aromatic carbocycles. The Bertz CT molecular complexity index is 436. The second kappa shape index (κ2) is 6.57. The van der Waals surface area contributed by atoms with E-state index in [4.69, 9.17) is 4.74 Å². The van der Waals surface area contributed by atoms with Crippen LogP contribution in [0.1, 0.15) is 32.8 Å². The standard InChI is InChI=1S/C15H24N2O2/c1-11-6-7-12(13(10-11)19-5)17-14(18)8-9-16-15(2,3)4/h6-7,10,16H,8-9H2,1-5H3,(H,17,18). The van der Waals surface area contributed by atoms with Gasteiger partial charge in [-0.05, 0) is 45.4 Å². The molecule has 0 fully saturated rings. The van der Waals surface area contributed by atoms with Gasteiger partial charge in [0.05, 0.1) is 12.8 Å². The van der Waals surface area contributed by atoms with Gasteiger partial charge in [0.15, 0.2) is 0 Å². The quantitative estimate of drug-likeness (QED) is 0.859. The Morgan fingerprint density at radius 3 is 2.58 bits per heavy atom. The maximum atomic E-state index is 11.8. The first-order chi connectivity index (χ1) is 8.81. The maximum absolute atomic E-state index is 11.8. The lowest BCUT2D eigenvalue weighted by Gasteiger charge is -2.20. The van der Waals surface area contributed by atoms with E-state index in [1.54, 1.807) is 7.11 Å². The lowest BCUT2D eigenvalue weighted by molar-refractivity contribution is -0.116. The van der Waals surface area contributed by atoms with Crippen LogP contribution in [-0.4, -0.2) is 25.1 Å². The number of nitrogens with one attached hydrogen (secondary N) is 2. The summed E-state index contributed by atoms with van der Waals surface area (Å²) >= 11 is 0. The van der Waals surface area contributed by atoms with Gasteiger partial charge in [0, 0.05) is 18.5 Å². The summed E-state index contributed by atoms with van der Waals surface area (Å²) in [4.78, 5) is 11.8. The highest BCUT2D eigenvalue weighted by Crippen LogP contribution is 2.25. The Kier molecular flexibility index (Phi) is 5.36.